The van der Waals surface area contributed by atoms with Crippen LogP contribution in [-0.2, 0) is 25.6 Å². The van der Waals surface area contributed by atoms with Crippen molar-refractivity contribution in [1.29, 1.82) is 0 Å². The zero-order valence-electron chi connectivity index (χ0n) is 44.3. The van der Waals surface area contributed by atoms with Gasteiger partial charge in [0.15, 0.2) is 0 Å². The fourth-order valence-electron chi connectivity index (χ4n) is 13.8. The molecular formula is C60H94N4O4. The normalized spacial score (nSPS) is 31.0. The van der Waals surface area contributed by atoms with Crippen LogP contribution in [0.5, 0.6) is 0 Å². The van der Waals surface area contributed by atoms with Crippen LogP contribution in [0.3, 0.4) is 0 Å². The predicted octanol–water partition coefficient (Wildman–Crippen LogP) is 12.3. The molecule has 4 fully saturated rings. The number of carbonyl (C=O) groups is 4. The Hall–Kier alpha value is -3.68. The summed E-state index contributed by atoms with van der Waals surface area (Å²) in [4.78, 5) is 57.1. The van der Waals surface area contributed by atoms with Crippen molar-refractivity contribution in [3.05, 3.63) is 71.3 Å². The van der Waals surface area contributed by atoms with E-state index in [4.69, 9.17) is 0 Å². The minimum absolute atomic E-state index is 0.00000816. The van der Waals surface area contributed by atoms with Crippen LogP contribution in [0.1, 0.15) is 182 Å². The number of rotatable bonds is 18. The van der Waals surface area contributed by atoms with E-state index in [0.717, 1.165) is 81.8 Å². The number of amides is 4. The molecule has 4 amide bonds. The van der Waals surface area contributed by atoms with Crippen molar-refractivity contribution >= 4 is 23.6 Å². The predicted molar refractivity (Wildman–Crippen MR) is 278 cm³/mol. The summed E-state index contributed by atoms with van der Waals surface area (Å²) in [5, 5.41) is 13.7. The number of hydrogen-bond acceptors (Lipinski definition) is 4. The summed E-state index contributed by atoms with van der Waals surface area (Å²) in [6, 6.07) is 18.2. The minimum Gasteiger partial charge on any atom is -0.353 e. The van der Waals surface area contributed by atoms with Gasteiger partial charge in [-0.25, -0.2) is 0 Å². The van der Waals surface area contributed by atoms with Crippen molar-refractivity contribution in [1.82, 2.24) is 21.3 Å². The van der Waals surface area contributed by atoms with Crippen LogP contribution < -0.4 is 21.3 Å². The van der Waals surface area contributed by atoms with Gasteiger partial charge in [0.1, 0.15) is 0 Å². The topological polar surface area (TPSA) is 116 Å². The van der Waals surface area contributed by atoms with Gasteiger partial charge in [0.25, 0.3) is 0 Å². The van der Waals surface area contributed by atoms with Crippen molar-refractivity contribution in [2.75, 3.05) is 13.1 Å². The molecule has 6 rings (SSSR count). The average molecular weight is 935 g/mol. The second-order valence-corrected chi connectivity index (χ2v) is 24.5. The van der Waals surface area contributed by atoms with E-state index in [0.29, 0.717) is 78.2 Å². The fraction of sp³-hybridized carbons (Fsp3) is 0.733. The number of benzene rings is 2. The molecule has 4 aliphatic carbocycles. The monoisotopic (exact) mass is 935 g/mol. The highest BCUT2D eigenvalue weighted by Gasteiger charge is 2.41. The molecule has 4 saturated carbocycles. The maximum Gasteiger partial charge on any atom is 0.223 e. The summed E-state index contributed by atoms with van der Waals surface area (Å²) in [5.41, 5.74) is 3.24. The molecule has 378 valence electrons. The smallest absolute Gasteiger partial charge is 0.223 e. The summed E-state index contributed by atoms with van der Waals surface area (Å²) in [7, 11) is 0. The molecule has 4 N–H and O–H groups in total. The molecule has 4 aliphatic rings. The van der Waals surface area contributed by atoms with E-state index in [1.54, 1.807) is 0 Å². The van der Waals surface area contributed by atoms with Crippen LogP contribution in [0, 0.1) is 94.7 Å². The van der Waals surface area contributed by atoms with E-state index in [9.17, 15) is 19.2 Å². The molecule has 0 unspecified atom stereocenters. The van der Waals surface area contributed by atoms with Crippen LogP contribution in [0.2, 0.25) is 0 Å². The van der Waals surface area contributed by atoms with Gasteiger partial charge < -0.3 is 21.3 Å². The van der Waals surface area contributed by atoms with E-state index in [1.807, 2.05) is 18.2 Å². The van der Waals surface area contributed by atoms with Crippen molar-refractivity contribution in [3.8, 4) is 0 Å². The van der Waals surface area contributed by atoms with Crippen LogP contribution in [0.15, 0.2) is 54.6 Å². The Morgan fingerprint density at radius 3 is 1.28 bits per heavy atom. The molecule has 0 heterocycles. The zero-order chi connectivity index (χ0) is 49.2. The summed E-state index contributed by atoms with van der Waals surface area (Å²) >= 11 is 0. The first kappa shape index (κ1) is 53.7. The molecule has 8 nitrogen and oxygen atoms in total. The van der Waals surface area contributed by atoms with Gasteiger partial charge in [-0.2, -0.15) is 0 Å². The fourth-order valence-corrected chi connectivity index (χ4v) is 13.8. The quantitative estimate of drug-likeness (QED) is 0.119. The Morgan fingerprint density at radius 2 is 0.838 bits per heavy atom. The third-order valence-electron chi connectivity index (χ3n) is 18.0. The Kier molecular flexibility index (Phi) is 19.7. The van der Waals surface area contributed by atoms with Crippen LogP contribution >= 0.6 is 0 Å². The first-order valence-electron chi connectivity index (χ1n) is 27.7. The van der Waals surface area contributed by atoms with E-state index < -0.39 is 0 Å². The maximum absolute atomic E-state index is 14.7. The molecular weight excluding hydrogens is 841 g/mol. The molecule has 0 aliphatic heterocycles. The second kappa shape index (κ2) is 24.9. The van der Waals surface area contributed by atoms with E-state index >= 15 is 0 Å². The summed E-state index contributed by atoms with van der Waals surface area (Å²) in [6.07, 6.45) is 13.2. The molecule has 0 aromatic heterocycles. The van der Waals surface area contributed by atoms with Gasteiger partial charge >= 0.3 is 0 Å². The largest absolute Gasteiger partial charge is 0.353 e. The van der Waals surface area contributed by atoms with Crippen LogP contribution in [-0.4, -0.2) is 36.7 Å². The highest BCUT2D eigenvalue weighted by atomic mass is 16.2. The number of carbonyl (C=O) groups excluding carboxylic acids is 4. The lowest BCUT2D eigenvalue weighted by Crippen LogP contribution is -2.46. The average Bonchev–Trinajstić information content (AvgIpc) is 3.31. The molecule has 0 spiro atoms. The minimum atomic E-state index is -0.349. The van der Waals surface area contributed by atoms with Crippen molar-refractivity contribution in [2.45, 2.75) is 172 Å². The first-order valence-corrected chi connectivity index (χ1v) is 27.7. The van der Waals surface area contributed by atoms with Crippen LogP contribution in [0.4, 0.5) is 0 Å². The standard InChI is InChI=1S/C60H94N4O4/c1-36(2)47-24-20-40(9)28-51(47)57(65)61-34-55(45-17-13-12-14-18-45)63-60(68)54-33-44(23-27-50(54)39(7)8)31-43-16-15-19-46(32-43)56(64-59(67)53-30-42(11)22-26-49(53)38(5)6)35-62-58(66)52-29-41(10)21-25-48(52)37(3)4/h12-19,32,36-42,44,47-56H,20-31,33-35H2,1-11H3,(H,61,65)(H,62,66)(H,63,68)(H,64,67)/t40-,41-,42-,44+,47+,48+,49+,50+,51-,52-,53-,54-,55-,56-/m1/s1. The lowest BCUT2D eigenvalue weighted by molar-refractivity contribution is -0.132. The lowest BCUT2D eigenvalue weighted by atomic mass is 9.68. The molecule has 0 saturated heterocycles. The second-order valence-electron chi connectivity index (χ2n) is 24.5. The molecule has 0 radical (unpaired) electrons. The highest BCUT2D eigenvalue weighted by molar-refractivity contribution is 5.82. The van der Waals surface area contributed by atoms with Gasteiger partial charge in [0.2, 0.25) is 23.6 Å². The molecule has 14 atom stereocenters. The summed E-state index contributed by atoms with van der Waals surface area (Å²) < 4.78 is 0. The first-order chi connectivity index (χ1) is 32.4. The van der Waals surface area contributed by atoms with Crippen LogP contribution in [0.25, 0.3) is 0 Å². The molecule has 0 bridgehead atoms. The summed E-state index contributed by atoms with van der Waals surface area (Å²) in [6.45, 7) is 25.5. The Morgan fingerprint density at radius 1 is 0.456 bits per heavy atom. The Bertz CT molecular complexity index is 1930. The highest BCUT2D eigenvalue weighted by Crippen LogP contribution is 2.43. The third-order valence-corrected chi connectivity index (χ3v) is 18.0. The van der Waals surface area contributed by atoms with Gasteiger partial charge in [-0.1, -0.05) is 150 Å². The van der Waals surface area contributed by atoms with Crippen molar-refractivity contribution < 1.29 is 19.2 Å². The molecule has 68 heavy (non-hydrogen) atoms. The van der Waals surface area contributed by atoms with E-state index in [2.05, 4.69) is 134 Å². The summed E-state index contributed by atoms with van der Waals surface area (Å²) in [5.74, 6) is 5.18. The maximum atomic E-state index is 14.7. The Balaban J connectivity index is 1.18. The van der Waals surface area contributed by atoms with E-state index in [1.165, 1.54) is 18.4 Å². The molecule has 8 heteroatoms. The number of hydrogen-bond donors (Lipinski definition) is 4. The number of nitrogens with one attached hydrogen (secondary N) is 4. The van der Waals surface area contributed by atoms with Gasteiger partial charge in [-0.3, -0.25) is 19.2 Å². The zero-order valence-corrected chi connectivity index (χ0v) is 44.3. The SMILES string of the molecule is CC(C)[C@@H]1CC[C@@H](C)C[C@H]1C(=O)NC[C@@H](NC(=O)[C@@H]1C[C@H](C)CC[C@H]1C(C)C)c1cccc(C[C@@H]2CC[C@@H](C(C)C)[C@H](C(=O)N[C@H](CNC(=O)[C@@H]3C[C@H](C)CC[C@H]3C(C)C)c3ccccc3)C2)c1. The molecule has 2 aromatic rings. The van der Waals surface area contributed by atoms with E-state index in [-0.39, 0.29) is 65.3 Å². The van der Waals surface area contributed by atoms with Gasteiger partial charge in [-0.15, -0.1) is 0 Å². The lowest BCUT2D eigenvalue weighted by Gasteiger charge is -2.39. The van der Waals surface area contributed by atoms with Gasteiger partial charge in [0, 0.05) is 36.8 Å². The molecule has 2 aromatic carbocycles. The van der Waals surface area contributed by atoms with Crippen molar-refractivity contribution in [2.24, 2.45) is 94.7 Å². The van der Waals surface area contributed by atoms with Gasteiger partial charge in [-0.05, 0) is 152 Å². The third kappa shape index (κ3) is 14.2. The van der Waals surface area contributed by atoms with Crippen molar-refractivity contribution in [3.63, 3.8) is 0 Å². The van der Waals surface area contributed by atoms with Gasteiger partial charge in [0.05, 0.1) is 12.1 Å². The Labute approximate surface area is 413 Å².